The van der Waals surface area contributed by atoms with Gasteiger partial charge in [0.05, 0.1) is 11.7 Å². The first-order chi connectivity index (χ1) is 7.23. The van der Waals surface area contributed by atoms with Crippen molar-refractivity contribution in [3.8, 4) is 0 Å². The van der Waals surface area contributed by atoms with Gasteiger partial charge in [0.2, 0.25) is 0 Å². The van der Waals surface area contributed by atoms with E-state index >= 15 is 0 Å². The van der Waals surface area contributed by atoms with Crippen LogP contribution in [0.1, 0.15) is 53.9 Å². The van der Waals surface area contributed by atoms with Crippen molar-refractivity contribution in [2.45, 2.75) is 65.6 Å². The van der Waals surface area contributed by atoms with Gasteiger partial charge in [-0.25, -0.2) is 0 Å². The molecule has 94 valence electrons. The van der Waals surface area contributed by atoms with E-state index in [4.69, 9.17) is 4.74 Å². The Kier molecular flexibility index (Phi) is 2.99. The van der Waals surface area contributed by atoms with Crippen LogP contribution in [0.25, 0.3) is 0 Å². The maximum Gasteiger partial charge on any atom is 0.0726 e. The molecule has 0 amide bonds. The van der Waals surface area contributed by atoms with Crippen LogP contribution < -0.4 is 0 Å². The van der Waals surface area contributed by atoms with Crippen LogP contribution in [-0.2, 0) is 4.74 Å². The van der Waals surface area contributed by atoms with E-state index in [1.165, 1.54) is 19.3 Å². The first kappa shape index (κ1) is 12.9. The third-order valence-electron chi connectivity index (χ3n) is 5.50. The molecule has 0 aromatic heterocycles. The minimum Gasteiger partial charge on any atom is -0.371 e. The fourth-order valence-corrected chi connectivity index (χ4v) is 3.86. The van der Waals surface area contributed by atoms with Crippen molar-refractivity contribution in [3.63, 3.8) is 0 Å². The summed E-state index contributed by atoms with van der Waals surface area (Å²) in [4.78, 5) is 0. The molecule has 2 aliphatic carbocycles. The minimum absolute atomic E-state index is 0.0335. The van der Waals surface area contributed by atoms with Crippen molar-refractivity contribution in [3.05, 3.63) is 0 Å². The van der Waals surface area contributed by atoms with Crippen molar-refractivity contribution in [2.75, 3.05) is 5.33 Å². The minimum atomic E-state index is -0.0335. The molecule has 3 unspecified atom stereocenters. The SMILES string of the molecule is CC(C)(CBr)OC1CC2CCC1(C)C2(C)C. The summed E-state index contributed by atoms with van der Waals surface area (Å²) >= 11 is 3.55. The highest BCUT2D eigenvalue weighted by Crippen LogP contribution is 2.66. The van der Waals surface area contributed by atoms with Crippen molar-refractivity contribution in [2.24, 2.45) is 16.7 Å². The van der Waals surface area contributed by atoms with Crippen LogP contribution in [0, 0.1) is 16.7 Å². The molecule has 0 spiro atoms. The Hall–Kier alpha value is 0.440. The van der Waals surface area contributed by atoms with Crippen molar-refractivity contribution >= 4 is 15.9 Å². The Morgan fingerprint density at radius 3 is 2.31 bits per heavy atom. The lowest BCUT2D eigenvalue weighted by atomic mass is 9.70. The zero-order valence-corrected chi connectivity index (χ0v) is 12.9. The Morgan fingerprint density at radius 1 is 1.31 bits per heavy atom. The lowest BCUT2D eigenvalue weighted by Gasteiger charge is -2.42. The molecule has 3 atom stereocenters. The molecule has 0 aliphatic heterocycles. The summed E-state index contributed by atoms with van der Waals surface area (Å²) in [6.07, 6.45) is 4.46. The van der Waals surface area contributed by atoms with Gasteiger partial charge >= 0.3 is 0 Å². The highest BCUT2D eigenvalue weighted by atomic mass is 79.9. The van der Waals surface area contributed by atoms with Crippen LogP contribution in [0.3, 0.4) is 0 Å². The normalized spacial score (nSPS) is 41.6. The molecule has 0 saturated heterocycles. The van der Waals surface area contributed by atoms with E-state index in [2.05, 4.69) is 50.5 Å². The van der Waals surface area contributed by atoms with E-state index in [1.54, 1.807) is 0 Å². The van der Waals surface area contributed by atoms with Crippen molar-refractivity contribution in [1.82, 2.24) is 0 Å². The van der Waals surface area contributed by atoms with Gasteiger partial charge in [-0.05, 0) is 49.9 Å². The molecule has 0 N–H and O–H groups in total. The summed E-state index contributed by atoms with van der Waals surface area (Å²) in [7, 11) is 0. The molecule has 0 heterocycles. The van der Waals surface area contributed by atoms with E-state index in [9.17, 15) is 0 Å². The monoisotopic (exact) mass is 288 g/mol. The van der Waals surface area contributed by atoms with Crippen LogP contribution in [0.2, 0.25) is 0 Å². The standard InChI is InChI=1S/C14H25BrO/c1-12(2,9-15)16-11-8-10-6-7-14(11,5)13(10,3)4/h10-11H,6-9H2,1-5H3. The molecule has 2 heteroatoms. The average molecular weight is 289 g/mol. The highest BCUT2D eigenvalue weighted by molar-refractivity contribution is 9.09. The Labute approximate surface area is 108 Å². The van der Waals surface area contributed by atoms with E-state index in [0.29, 0.717) is 16.9 Å². The van der Waals surface area contributed by atoms with Crippen molar-refractivity contribution < 1.29 is 4.74 Å². The number of alkyl halides is 1. The molecule has 2 fully saturated rings. The summed E-state index contributed by atoms with van der Waals surface area (Å²) in [5.41, 5.74) is 0.811. The molecule has 2 saturated carbocycles. The van der Waals surface area contributed by atoms with Gasteiger partial charge < -0.3 is 4.74 Å². The summed E-state index contributed by atoms with van der Waals surface area (Å²) in [5, 5.41) is 0.914. The molecule has 2 rings (SSSR count). The third-order valence-corrected chi connectivity index (χ3v) is 6.85. The fraction of sp³-hybridized carbons (Fsp3) is 1.00. The van der Waals surface area contributed by atoms with Gasteiger partial charge in [0.1, 0.15) is 0 Å². The average Bonchev–Trinajstić information content (AvgIpc) is 2.50. The second-order valence-electron chi connectivity index (χ2n) is 7.11. The largest absolute Gasteiger partial charge is 0.371 e. The number of rotatable bonds is 3. The van der Waals surface area contributed by atoms with Gasteiger partial charge in [0.15, 0.2) is 0 Å². The highest BCUT2D eigenvalue weighted by Gasteiger charge is 2.62. The van der Waals surface area contributed by atoms with Crippen molar-refractivity contribution in [1.29, 1.82) is 0 Å². The predicted molar refractivity (Wildman–Crippen MR) is 72.0 cm³/mol. The second-order valence-corrected chi connectivity index (χ2v) is 7.67. The molecule has 1 nitrogen and oxygen atoms in total. The quantitative estimate of drug-likeness (QED) is 0.700. The van der Waals surface area contributed by atoms with E-state index in [1.807, 2.05) is 0 Å². The maximum atomic E-state index is 6.37. The third kappa shape index (κ3) is 1.68. The number of fused-ring (bicyclic) bond motifs is 2. The molecule has 0 radical (unpaired) electrons. The van der Waals surface area contributed by atoms with Crippen LogP contribution in [0.4, 0.5) is 0 Å². The fourth-order valence-electron chi connectivity index (χ4n) is 3.73. The van der Waals surface area contributed by atoms with E-state index < -0.39 is 0 Å². The first-order valence-corrected chi connectivity index (χ1v) is 7.59. The first-order valence-electron chi connectivity index (χ1n) is 6.47. The van der Waals surface area contributed by atoms with E-state index in [0.717, 1.165) is 11.2 Å². The molecular weight excluding hydrogens is 264 g/mol. The van der Waals surface area contributed by atoms with Gasteiger partial charge in [-0.15, -0.1) is 0 Å². The summed E-state index contributed by atoms with van der Waals surface area (Å²) in [6.45, 7) is 11.7. The van der Waals surface area contributed by atoms with Crippen LogP contribution in [0.15, 0.2) is 0 Å². The summed E-state index contributed by atoms with van der Waals surface area (Å²) in [6, 6.07) is 0. The number of ether oxygens (including phenoxy) is 1. The molecule has 0 aromatic carbocycles. The zero-order valence-electron chi connectivity index (χ0n) is 11.3. The Bertz CT molecular complexity index is 284. The van der Waals surface area contributed by atoms with Gasteiger partial charge in [-0.1, -0.05) is 36.7 Å². The summed E-state index contributed by atoms with van der Waals surface area (Å²) in [5.74, 6) is 0.869. The molecular formula is C14H25BrO. The van der Waals surface area contributed by atoms with E-state index in [-0.39, 0.29) is 5.60 Å². The molecule has 16 heavy (non-hydrogen) atoms. The van der Waals surface area contributed by atoms with Crippen LogP contribution in [0.5, 0.6) is 0 Å². The predicted octanol–water partition coefficient (Wildman–Crippen LogP) is 4.39. The maximum absolute atomic E-state index is 6.37. The van der Waals surface area contributed by atoms with Gasteiger partial charge in [0.25, 0.3) is 0 Å². The summed E-state index contributed by atoms with van der Waals surface area (Å²) < 4.78 is 6.37. The second kappa shape index (κ2) is 3.71. The molecule has 0 aromatic rings. The number of hydrogen-bond acceptors (Lipinski definition) is 1. The Morgan fingerprint density at radius 2 is 1.94 bits per heavy atom. The molecule has 2 aliphatic rings. The van der Waals surface area contributed by atoms with Crippen LogP contribution >= 0.6 is 15.9 Å². The Balaban J connectivity index is 2.16. The van der Waals surface area contributed by atoms with Gasteiger partial charge in [-0.2, -0.15) is 0 Å². The number of hydrogen-bond donors (Lipinski definition) is 0. The van der Waals surface area contributed by atoms with Gasteiger partial charge in [-0.3, -0.25) is 0 Å². The van der Waals surface area contributed by atoms with Gasteiger partial charge in [0, 0.05) is 5.33 Å². The van der Waals surface area contributed by atoms with Crippen LogP contribution in [-0.4, -0.2) is 17.0 Å². The lowest BCUT2D eigenvalue weighted by molar-refractivity contribution is -0.117. The molecule has 2 bridgehead atoms. The zero-order chi connectivity index (χ0) is 12.2. The lowest BCUT2D eigenvalue weighted by Crippen LogP contribution is -2.42. The number of halogens is 1. The smallest absolute Gasteiger partial charge is 0.0726 e. The topological polar surface area (TPSA) is 9.23 Å².